The molecule has 130 valence electrons. The molecule has 1 fully saturated rings. The van der Waals surface area contributed by atoms with E-state index in [1.54, 1.807) is 18.2 Å². The Bertz CT molecular complexity index is 603. The number of nitrogens with zero attached hydrogens (tertiary/aromatic N) is 2. The molecule has 0 unspecified atom stereocenters. The topological polar surface area (TPSA) is 92.5 Å². The molecule has 0 bridgehead atoms. The van der Waals surface area contributed by atoms with E-state index >= 15 is 0 Å². The minimum Gasteiger partial charge on any atom is -0.356 e. The average Bonchev–Trinajstić information content (AvgIpc) is 2.76. The molecule has 7 heteroatoms. The van der Waals surface area contributed by atoms with Crippen LogP contribution in [0.15, 0.2) is 24.3 Å². The molecule has 2 rings (SSSR count). The van der Waals surface area contributed by atoms with Gasteiger partial charge in [-0.3, -0.25) is 19.7 Å². The molecule has 1 saturated heterocycles. The molecule has 1 N–H and O–H groups in total. The maximum absolute atomic E-state index is 11.9. The summed E-state index contributed by atoms with van der Waals surface area (Å²) in [6.45, 7) is 1.90. The van der Waals surface area contributed by atoms with Crippen molar-refractivity contribution in [2.45, 2.75) is 38.5 Å². The predicted molar refractivity (Wildman–Crippen MR) is 89.5 cm³/mol. The van der Waals surface area contributed by atoms with Gasteiger partial charge >= 0.3 is 0 Å². The van der Waals surface area contributed by atoms with Gasteiger partial charge in [-0.2, -0.15) is 0 Å². The predicted octanol–water partition coefficient (Wildman–Crippen LogP) is 2.05. The first-order valence-electron chi connectivity index (χ1n) is 8.34. The number of rotatable bonds is 7. The minimum absolute atomic E-state index is 0.0141. The van der Waals surface area contributed by atoms with Crippen LogP contribution in [0.2, 0.25) is 0 Å². The van der Waals surface area contributed by atoms with Crippen LogP contribution < -0.4 is 5.32 Å². The first-order chi connectivity index (χ1) is 11.6. The molecule has 0 saturated carbocycles. The number of benzene rings is 1. The number of likely N-dealkylation sites (tertiary alicyclic amines) is 1. The summed E-state index contributed by atoms with van der Waals surface area (Å²) in [6, 6.07) is 6.25. The van der Waals surface area contributed by atoms with E-state index in [0.29, 0.717) is 31.5 Å². The first kappa shape index (κ1) is 17.9. The molecule has 1 aromatic rings. The van der Waals surface area contributed by atoms with Crippen LogP contribution in [0.4, 0.5) is 5.69 Å². The van der Waals surface area contributed by atoms with Gasteiger partial charge in [0.05, 0.1) is 11.3 Å². The number of nitro benzene ring substituents is 1. The Hall–Kier alpha value is -2.44. The molecular formula is C17H23N3O4. The van der Waals surface area contributed by atoms with Crippen molar-refractivity contribution in [3.05, 3.63) is 39.9 Å². The van der Waals surface area contributed by atoms with Crippen molar-refractivity contribution in [2.75, 3.05) is 19.6 Å². The van der Waals surface area contributed by atoms with E-state index in [2.05, 4.69) is 5.32 Å². The third kappa shape index (κ3) is 5.33. The summed E-state index contributed by atoms with van der Waals surface area (Å²) in [4.78, 5) is 36.1. The van der Waals surface area contributed by atoms with E-state index in [-0.39, 0.29) is 23.9 Å². The van der Waals surface area contributed by atoms with Crippen LogP contribution in [0.25, 0.3) is 0 Å². The molecule has 0 atom stereocenters. The zero-order chi connectivity index (χ0) is 17.4. The molecular weight excluding hydrogens is 310 g/mol. The monoisotopic (exact) mass is 333 g/mol. The summed E-state index contributed by atoms with van der Waals surface area (Å²) in [6.07, 6.45) is 4.38. The molecule has 1 aromatic carbocycles. The normalized spacial score (nSPS) is 15.0. The van der Waals surface area contributed by atoms with E-state index < -0.39 is 4.92 Å². The Labute approximate surface area is 141 Å². The second kappa shape index (κ2) is 9.00. The Morgan fingerprint density at radius 2 is 2.04 bits per heavy atom. The Kier molecular flexibility index (Phi) is 6.72. The van der Waals surface area contributed by atoms with Crippen molar-refractivity contribution in [1.29, 1.82) is 0 Å². The van der Waals surface area contributed by atoms with Gasteiger partial charge in [-0.15, -0.1) is 0 Å². The summed E-state index contributed by atoms with van der Waals surface area (Å²) in [5.74, 6) is -0.0507. The largest absolute Gasteiger partial charge is 0.356 e. The van der Waals surface area contributed by atoms with Gasteiger partial charge in [-0.05, 0) is 19.3 Å². The number of para-hydroxylation sites is 1. The highest BCUT2D eigenvalue weighted by Gasteiger charge is 2.17. The van der Waals surface area contributed by atoms with Gasteiger partial charge in [0, 0.05) is 37.7 Å². The van der Waals surface area contributed by atoms with E-state index in [1.165, 1.54) is 6.07 Å². The molecule has 1 heterocycles. The summed E-state index contributed by atoms with van der Waals surface area (Å²) in [5.41, 5.74) is 0.366. The van der Waals surface area contributed by atoms with E-state index in [4.69, 9.17) is 0 Å². The highest BCUT2D eigenvalue weighted by molar-refractivity contribution is 5.79. The number of nitro groups is 1. The quantitative estimate of drug-likeness (QED) is 0.469. The average molecular weight is 333 g/mol. The molecule has 1 aliphatic heterocycles. The van der Waals surface area contributed by atoms with E-state index in [9.17, 15) is 19.7 Å². The zero-order valence-corrected chi connectivity index (χ0v) is 13.7. The molecule has 1 aliphatic rings. The summed E-state index contributed by atoms with van der Waals surface area (Å²) in [5, 5.41) is 13.7. The molecule has 0 radical (unpaired) electrons. The van der Waals surface area contributed by atoms with Crippen LogP contribution in [-0.2, 0) is 16.0 Å². The summed E-state index contributed by atoms with van der Waals surface area (Å²) < 4.78 is 0. The third-order valence-electron chi connectivity index (χ3n) is 4.14. The number of nitrogens with one attached hydrogen (secondary N) is 1. The summed E-state index contributed by atoms with van der Waals surface area (Å²) in [7, 11) is 0. The smallest absolute Gasteiger partial charge is 0.273 e. The number of hydrogen-bond acceptors (Lipinski definition) is 4. The molecule has 0 spiro atoms. The fourth-order valence-electron chi connectivity index (χ4n) is 2.85. The van der Waals surface area contributed by atoms with Gasteiger partial charge in [0.25, 0.3) is 5.69 Å². The Morgan fingerprint density at radius 1 is 1.25 bits per heavy atom. The Morgan fingerprint density at radius 3 is 2.83 bits per heavy atom. The van der Waals surface area contributed by atoms with E-state index in [1.807, 2.05) is 4.90 Å². The Balaban J connectivity index is 1.74. The first-order valence-corrected chi connectivity index (χ1v) is 8.34. The summed E-state index contributed by atoms with van der Waals surface area (Å²) >= 11 is 0. The number of carbonyl (C=O) groups is 2. The van der Waals surface area contributed by atoms with Gasteiger partial charge in [0.2, 0.25) is 11.8 Å². The van der Waals surface area contributed by atoms with Gasteiger partial charge in [0.15, 0.2) is 0 Å². The van der Waals surface area contributed by atoms with Crippen LogP contribution in [0, 0.1) is 10.1 Å². The van der Waals surface area contributed by atoms with Crippen molar-refractivity contribution >= 4 is 17.5 Å². The molecule has 7 nitrogen and oxygen atoms in total. The zero-order valence-electron chi connectivity index (χ0n) is 13.7. The lowest BCUT2D eigenvalue weighted by Crippen LogP contribution is -2.34. The second-order valence-electron chi connectivity index (χ2n) is 5.96. The van der Waals surface area contributed by atoms with Crippen molar-refractivity contribution in [3.8, 4) is 0 Å². The highest BCUT2D eigenvalue weighted by Crippen LogP contribution is 2.18. The number of hydrogen-bond donors (Lipinski definition) is 1. The van der Waals surface area contributed by atoms with Crippen LogP contribution in [-0.4, -0.2) is 41.3 Å². The van der Waals surface area contributed by atoms with Crippen molar-refractivity contribution in [3.63, 3.8) is 0 Å². The third-order valence-corrected chi connectivity index (χ3v) is 4.14. The fraction of sp³-hybridized carbons (Fsp3) is 0.529. The van der Waals surface area contributed by atoms with Gasteiger partial charge < -0.3 is 10.2 Å². The molecule has 0 aromatic heterocycles. The lowest BCUT2D eigenvalue weighted by Gasteiger charge is -2.20. The van der Waals surface area contributed by atoms with Crippen LogP contribution >= 0.6 is 0 Å². The number of amides is 2. The van der Waals surface area contributed by atoms with E-state index in [0.717, 1.165) is 25.8 Å². The minimum atomic E-state index is -0.479. The van der Waals surface area contributed by atoms with Gasteiger partial charge in [-0.1, -0.05) is 24.6 Å². The van der Waals surface area contributed by atoms with Gasteiger partial charge in [-0.25, -0.2) is 0 Å². The molecule has 0 aliphatic carbocycles. The number of carbonyl (C=O) groups excluding carboxylic acids is 2. The lowest BCUT2D eigenvalue weighted by molar-refractivity contribution is -0.385. The van der Waals surface area contributed by atoms with Crippen molar-refractivity contribution in [2.24, 2.45) is 0 Å². The maximum Gasteiger partial charge on any atom is 0.273 e. The van der Waals surface area contributed by atoms with Crippen LogP contribution in [0.1, 0.15) is 37.7 Å². The SMILES string of the molecule is O=C(Cc1ccccc1[N+](=O)[O-])NCCCN1CCCCCC1=O. The van der Waals surface area contributed by atoms with Crippen molar-refractivity contribution < 1.29 is 14.5 Å². The molecule has 24 heavy (non-hydrogen) atoms. The van der Waals surface area contributed by atoms with Crippen molar-refractivity contribution in [1.82, 2.24) is 10.2 Å². The highest BCUT2D eigenvalue weighted by atomic mass is 16.6. The lowest BCUT2D eigenvalue weighted by atomic mass is 10.1. The second-order valence-corrected chi connectivity index (χ2v) is 5.96. The standard InChI is InChI=1S/C17H23N3O4/c21-16(13-14-7-3-4-8-15(14)20(23)24)18-10-6-12-19-11-5-1-2-9-17(19)22/h3-4,7-8H,1-2,5-6,9-13H2,(H,18,21). The molecule has 2 amide bonds. The van der Waals surface area contributed by atoms with Crippen LogP contribution in [0.5, 0.6) is 0 Å². The van der Waals surface area contributed by atoms with Gasteiger partial charge in [0.1, 0.15) is 0 Å². The maximum atomic E-state index is 11.9. The van der Waals surface area contributed by atoms with Crippen LogP contribution in [0.3, 0.4) is 0 Å². The fourth-order valence-corrected chi connectivity index (χ4v) is 2.85.